The molecule has 0 radical (unpaired) electrons. The van der Waals surface area contributed by atoms with Crippen molar-refractivity contribution >= 4 is 17.5 Å². The van der Waals surface area contributed by atoms with Gasteiger partial charge in [-0.3, -0.25) is 9.59 Å². The second-order valence-electron chi connectivity index (χ2n) is 9.29. The van der Waals surface area contributed by atoms with E-state index in [2.05, 4.69) is 5.32 Å². The summed E-state index contributed by atoms with van der Waals surface area (Å²) in [6.45, 7) is 0.965. The van der Waals surface area contributed by atoms with Gasteiger partial charge in [0.25, 0.3) is 0 Å². The molecule has 0 spiro atoms. The van der Waals surface area contributed by atoms with Crippen LogP contribution in [0, 0.1) is 0 Å². The molecule has 2 unspecified atom stereocenters. The van der Waals surface area contributed by atoms with E-state index >= 15 is 0 Å². The number of likely N-dealkylation sites (tertiary alicyclic amines) is 1. The van der Waals surface area contributed by atoms with Gasteiger partial charge in [-0.15, -0.1) is 0 Å². The van der Waals surface area contributed by atoms with Crippen molar-refractivity contribution in [3.05, 3.63) is 102 Å². The Morgan fingerprint density at radius 3 is 2.06 bits per heavy atom. The Kier molecular flexibility index (Phi) is 7.83. The van der Waals surface area contributed by atoms with Crippen LogP contribution >= 0.6 is 0 Å². The number of hydrogen-bond acceptors (Lipinski definition) is 4. The molecule has 4 rings (SSSR count). The van der Waals surface area contributed by atoms with Gasteiger partial charge in [0, 0.05) is 38.8 Å². The van der Waals surface area contributed by atoms with E-state index < -0.39 is 12.1 Å². The number of hydrogen-bond donors (Lipinski definition) is 2. The summed E-state index contributed by atoms with van der Waals surface area (Å²) in [5.74, 6) is -0.601. The zero-order valence-electron chi connectivity index (χ0n) is 20.4. The highest BCUT2D eigenvalue weighted by atomic mass is 16.2. The van der Waals surface area contributed by atoms with Crippen molar-refractivity contribution < 1.29 is 9.59 Å². The lowest BCUT2D eigenvalue weighted by Crippen LogP contribution is -2.52. The van der Waals surface area contributed by atoms with E-state index in [1.54, 1.807) is 4.90 Å². The van der Waals surface area contributed by atoms with Gasteiger partial charge in [0.05, 0.1) is 6.04 Å². The molecule has 1 aliphatic heterocycles. The Morgan fingerprint density at radius 1 is 0.943 bits per heavy atom. The summed E-state index contributed by atoms with van der Waals surface area (Å²) in [5.41, 5.74) is 10.7. The number of anilines is 1. The minimum absolute atomic E-state index is 0.129. The predicted molar refractivity (Wildman–Crippen MR) is 140 cm³/mol. The lowest BCUT2D eigenvalue weighted by molar-refractivity contribution is -0.139. The van der Waals surface area contributed by atoms with Gasteiger partial charge in [0.2, 0.25) is 11.8 Å². The number of amides is 2. The fourth-order valence-corrected chi connectivity index (χ4v) is 4.78. The minimum Gasteiger partial charge on any atom is -0.378 e. The van der Waals surface area contributed by atoms with E-state index in [9.17, 15) is 9.59 Å². The van der Waals surface area contributed by atoms with Crippen molar-refractivity contribution in [2.75, 3.05) is 25.5 Å². The molecule has 1 aliphatic rings. The minimum atomic E-state index is -0.785. The molecule has 0 aliphatic carbocycles. The Hall–Kier alpha value is -3.64. The number of carbonyl (C=O) groups is 2. The van der Waals surface area contributed by atoms with Crippen molar-refractivity contribution in [1.29, 1.82) is 0 Å². The molecule has 0 saturated carbocycles. The van der Waals surface area contributed by atoms with Crippen LogP contribution in [-0.2, 0) is 16.1 Å². The normalized spacial score (nSPS) is 16.2. The third-order valence-corrected chi connectivity index (χ3v) is 6.72. The van der Waals surface area contributed by atoms with Crippen molar-refractivity contribution in [2.45, 2.75) is 37.4 Å². The Bertz CT molecular complexity index is 1080. The number of rotatable bonds is 8. The third-order valence-electron chi connectivity index (χ3n) is 6.72. The molecule has 2 amide bonds. The lowest BCUT2D eigenvalue weighted by Gasteiger charge is -2.31. The standard InChI is InChI=1S/C29H34N4O2/c1-32(2)24-17-15-21(16-18-24)20-31-28(34)25-14-9-19-33(25)29(35)27(30)26(22-10-5-3-6-11-22)23-12-7-4-8-13-23/h3-8,10-13,15-18,25-27H,9,14,19-20,30H2,1-2H3,(H,31,34). The SMILES string of the molecule is CN(C)c1ccc(CNC(=O)C2CCCN2C(=O)C(N)C(c2ccccc2)c2ccccc2)cc1. The van der Waals surface area contributed by atoms with E-state index in [0.717, 1.165) is 28.8 Å². The van der Waals surface area contributed by atoms with Crippen molar-refractivity contribution in [3.63, 3.8) is 0 Å². The summed E-state index contributed by atoms with van der Waals surface area (Å²) in [6.07, 6.45) is 1.43. The molecule has 1 fully saturated rings. The fraction of sp³-hybridized carbons (Fsp3) is 0.310. The molecular formula is C29H34N4O2. The fourth-order valence-electron chi connectivity index (χ4n) is 4.78. The number of carbonyl (C=O) groups excluding carboxylic acids is 2. The van der Waals surface area contributed by atoms with E-state index in [-0.39, 0.29) is 17.7 Å². The monoisotopic (exact) mass is 470 g/mol. The molecule has 3 aromatic rings. The number of nitrogens with two attached hydrogens (primary N) is 1. The van der Waals surface area contributed by atoms with Crippen molar-refractivity contribution in [3.8, 4) is 0 Å². The quantitative estimate of drug-likeness (QED) is 0.528. The van der Waals surface area contributed by atoms with Gasteiger partial charge in [-0.05, 0) is 41.7 Å². The molecule has 2 atom stereocenters. The first-order valence-corrected chi connectivity index (χ1v) is 12.2. The molecule has 1 heterocycles. The van der Waals surface area contributed by atoms with E-state index in [1.807, 2.05) is 104 Å². The van der Waals surface area contributed by atoms with Crippen molar-refractivity contribution in [1.82, 2.24) is 10.2 Å². The molecule has 6 heteroatoms. The van der Waals surface area contributed by atoms with Crippen LogP contribution in [0.2, 0.25) is 0 Å². The van der Waals surface area contributed by atoms with E-state index in [0.29, 0.717) is 19.5 Å². The van der Waals surface area contributed by atoms with Crippen LogP contribution in [0.5, 0.6) is 0 Å². The maximum Gasteiger partial charge on any atom is 0.243 e. The molecule has 1 saturated heterocycles. The van der Waals surface area contributed by atoms with Gasteiger partial charge in [0.1, 0.15) is 6.04 Å². The highest BCUT2D eigenvalue weighted by Crippen LogP contribution is 2.30. The first kappa shape index (κ1) is 24.5. The zero-order valence-corrected chi connectivity index (χ0v) is 20.4. The topological polar surface area (TPSA) is 78.7 Å². The van der Waals surface area contributed by atoms with Crippen molar-refractivity contribution in [2.24, 2.45) is 5.73 Å². The maximum atomic E-state index is 13.6. The summed E-state index contributed by atoms with van der Waals surface area (Å²) in [7, 11) is 3.99. The van der Waals surface area contributed by atoms with Crippen LogP contribution in [0.3, 0.4) is 0 Å². The van der Waals surface area contributed by atoms with Crippen LogP contribution < -0.4 is 16.0 Å². The Morgan fingerprint density at radius 2 is 1.51 bits per heavy atom. The van der Waals surface area contributed by atoms with Crippen LogP contribution in [0.4, 0.5) is 5.69 Å². The molecule has 0 bridgehead atoms. The highest BCUT2D eigenvalue weighted by Gasteiger charge is 2.39. The summed E-state index contributed by atoms with van der Waals surface area (Å²) < 4.78 is 0. The van der Waals surface area contributed by atoms with Gasteiger partial charge >= 0.3 is 0 Å². The second kappa shape index (κ2) is 11.2. The number of nitrogens with zero attached hydrogens (tertiary/aromatic N) is 2. The van der Waals surface area contributed by atoms with Crippen LogP contribution in [-0.4, -0.2) is 49.4 Å². The molecule has 3 N–H and O–H groups in total. The average Bonchev–Trinajstić information content (AvgIpc) is 3.38. The smallest absolute Gasteiger partial charge is 0.243 e. The zero-order chi connectivity index (χ0) is 24.8. The lowest BCUT2D eigenvalue weighted by atomic mass is 9.84. The molecule has 35 heavy (non-hydrogen) atoms. The summed E-state index contributed by atoms with van der Waals surface area (Å²) in [6, 6.07) is 26.5. The van der Waals surface area contributed by atoms with Gasteiger partial charge in [-0.2, -0.15) is 0 Å². The summed E-state index contributed by atoms with van der Waals surface area (Å²) in [5, 5.41) is 3.02. The third kappa shape index (κ3) is 5.72. The summed E-state index contributed by atoms with van der Waals surface area (Å²) >= 11 is 0. The maximum absolute atomic E-state index is 13.6. The van der Waals surface area contributed by atoms with Gasteiger partial charge < -0.3 is 20.9 Å². The van der Waals surface area contributed by atoms with Gasteiger partial charge in [-0.1, -0.05) is 72.8 Å². The number of nitrogens with one attached hydrogen (secondary N) is 1. The van der Waals surface area contributed by atoms with Crippen LogP contribution in [0.1, 0.15) is 35.4 Å². The average molecular weight is 471 g/mol. The molecular weight excluding hydrogens is 436 g/mol. The van der Waals surface area contributed by atoms with E-state index in [4.69, 9.17) is 5.73 Å². The predicted octanol–water partition coefficient (Wildman–Crippen LogP) is 3.52. The Labute approximate surface area is 207 Å². The van der Waals surface area contributed by atoms with Crippen LogP contribution in [0.25, 0.3) is 0 Å². The van der Waals surface area contributed by atoms with E-state index in [1.165, 1.54) is 0 Å². The Balaban J connectivity index is 1.46. The van der Waals surface area contributed by atoms with Gasteiger partial charge in [-0.25, -0.2) is 0 Å². The number of benzene rings is 3. The second-order valence-corrected chi connectivity index (χ2v) is 9.29. The highest BCUT2D eigenvalue weighted by molar-refractivity contribution is 5.91. The first-order chi connectivity index (χ1) is 17.0. The molecule has 3 aromatic carbocycles. The van der Waals surface area contributed by atoms with Crippen LogP contribution in [0.15, 0.2) is 84.9 Å². The molecule has 6 nitrogen and oxygen atoms in total. The largest absolute Gasteiger partial charge is 0.378 e. The molecule has 0 aromatic heterocycles. The van der Waals surface area contributed by atoms with Gasteiger partial charge in [0.15, 0.2) is 0 Å². The molecule has 182 valence electrons. The first-order valence-electron chi connectivity index (χ1n) is 12.2. The summed E-state index contributed by atoms with van der Waals surface area (Å²) in [4.78, 5) is 30.4.